The first-order valence-corrected chi connectivity index (χ1v) is 5.19. The van der Waals surface area contributed by atoms with Gasteiger partial charge in [-0.15, -0.1) is 0 Å². The third-order valence-corrected chi connectivity index (χ3v) is 2.69. The molecule has 0 aromatic heterocycles. The van der Waals surface area contributed by atoms with Crippen LogP contribution in [0.25, 0.3) is 22.6 Å². The first-order chi connectivity index (χ1) is 9.40. The second kappa shape index (κ2) is 3.92. The molecule has 0 radical (unpaired) electrons. The van der Waals surface area contributed by atoms with Crippen LogP contribution in [0.5, 0.6) is 5.75 Å². The van der Waals surface area contributed by atoms with E-state index < -0.39 is 57.0 Å². The number of fused-ring (bicyclic) bond motifs is 2. The molecule has 2 aliphatic rings. The first kappa shape index (κ1) is 12.4. The Balaban J connectivity index is 2.55. The molecule has 0 saturated heterocycles. The number of halogens is 4. The van der Waals surface area contributed by atoms with E-state index in [0.29, 0.717) is 12.1 Å². The molecule has 3 rings (SSSR count). The van der Waals surface area contributed by atoms with E-state index in [0.717, 1.165) is 0 Å². The molecule has 0 atom stereocenters. The third-order valence-electron chi connectivity index (χ3n) is 2.69. The van der Waals surface area contributed by atoms with Crippen LogP contribution in [0.4, 0.5) is 17.6 Å². The molecule has 1 aliphatic heterocycles. The first-order valence-electron chi connectivity index (χ1n) is 5.19. The number of phenolic OH excluding ortho intramolecular Hbond substituents is 1. The summed E-state index contributed by atoms with van der Waals surface area (Å²) in [7, 11) is 0. The Labute approximate surface area is 107 Å². The molecule has 8 heteroatoms. The van der Waals surface area contributed by atoms with Gasteiger partial charge in [0.25, 0.3) is 5.43 Å². The highest BCUT2D eigenvalue weighted by Gasteiger charge is 2.24. The van der Waals surface area contributed by atoms with Crippen LogP contribution in [0.2, 0.25) is 0 Å². The summed E-state index contributed by atoms with van der Waals surface area (Å²) in [6.45, 7) is 0. The minimum atomic E-state index is -1.59. The summed E-state index contributed by atoms with van der Waals surface area (Å²) in [4.78, 5) is 14.7. The highest BCUT2D eigenvalue weighted by molar-refractivity contribution is 5.78. The summed E-state index contributed by atoms with van der Waals surface area (Å²) in [5.74, 6) is -7.90. The maximum absolute atomic E-state index is 13.6. The van der Waals surface area contributed by atoms with Crippen LogP contribution < -0.4 is 5.43 Å². The van der Waals surface area contributed by atoms with Gasteiger partial charge in [0.15, 0.2) is 28.7 Å². The Bertz CT molecular complexity index is 890. The zero-order valence-electron chi connectivity index (χ0n) is 9.38. The Morgan fingerprint density at radius 1 is 1.05 bits per heavy atom. The summed E-state index contributed by atoms with van der Waals surface area (Å²) in [5.41, 5.74) is -3.13. The van der Waals surface area contributed by atoms with E-state index >= 15 is 0 Å². The molecule has 1 N–H and O–H groups in total. The van der Waals surface area contributed by atoms with E-state index in [-0.39, 0.29) is 0 Å². The van der Waals surface area contributed by atoms with Crippen LogP contribution in [-0.2, 0) is 0 Å². The van der Waals surface area contributed by atoms with E-state index in [1.165, 1.54) is 0 Å². The van der Waals surface area contributed by atoms with Crippen molar-refractivity contribution in [2.24, 2.45) is 0 Å². The quantitative estimate of drug-likeness (QED) is 0.509. The number of hydrogen-bond donors (Lipinski definition) is 1. The van der Waals surface area contributed by atoms with Crippen LogP contribution in [0.1, 0.15) is 0 Å². The molecule has 0 saturated carbocycles. The molecule has 1 aromatic carbocycles. The maximum Gasteiger partial charge on any atom is 0.253 e. The summed E-state index contributed by atoms with van der Waals surface area (Å²) in [6, 6.07) is 1.23. The number of aromatic nitrogens is 1. The van der Waals surface area contributed by atoms with Gasteiger partial charge in [-0.25, -0.2) is 13.8 Å². The van der Waals surface area contributed by atoms with Gasteiger partial charge in [0.2, 0.25) is 11.6 Å². The van der Waals surface area contributed by atoms with Gasteiger partial charge in [0.1, 0.15) is 11.2 Å². The monoisotopic (exact) mass is 285 g/mol. The summed E-state index contributed by atoms with van der Waals surface area (Å²) in [5, 5.41) is 9.09. The molecule has 1 aromatic rings. The van der Waals surface area contributed by atoms with Crippen molar-refractivity contribution in [3.8, 4) is 17.2 Å². The molecule has 4 nitrogen and oxygen atoms in total. The van der Waals surface area contributed by atoms with Crippen molar-refractivity contribution in [1.29, 1.82) is 0 Å². The van der Waals surface area contributed by atoms with Crippen LogP contribution in [0.15, 0.2) is 21.3 Å². The average molecular weight is 285 g/mol. The van der Waals surface area contributed by atoms with Gasteiger partial charge >= 0.3 is 0 Å². The molecule has 0 spiro atoms. The van der Waals surface area contributed by atoms with Crippen molar-refractivity contribution >= 4 is 11.1 Å². The van der Waals surface area contributed by atoms with Crippen molar-refractivity contribution in [2.75, 3.05) is 0 Å². The lowest BCUT2D eigenvalue weighted by molar-refractivity contribution is 0.393. The fourth-order valence-corrected chi connectivity index (χ4v) is 1.74. The van der Waals surface area contributed by atoms with Crippen molar-refractivity contribution < 1.29 is 27.1 Å². The lowest BCUT2D eigenvalue weighted by atomic mass is 10.2. The number of benzene rings is 2. The fourth-order valence-electron chi connectivity index (χ4n) is 1.74. The smallest absolute Gasteiger partial charge is 0.253 e. The number of aromatic hydroxyl groups is 1. The molecule has 20 heavy (non-hydrogen) atoms. The molecule has 0 bridgehead atoms. The predicted molar refractivity (Wildman–Crippen MR) is 58.4 cm³/mol. The van der Waals surface area contributed by atoms with Gasteiger partial charge in [0, 0.05) is 12.1 Å². The molecule has 0 fully saturated rings. The molecular weight excluding hydrogens is 282 g/mol. The molecule has 1 heterocycles. The summed E-state index contributed by atoms with van der Waals surface area (Å²) >= 11 is 0. The minimum absolute atomic E-state index is 0.400. The SMILES string of the molecule is O=c1c(F)cc2nc3cc(F)c(O)c(F)c3oc-2c1F. The second-order valence-corrected chi connectivity index (χ2v) is 3.93. The van der Waals surface area contributed by atoms with Crippen molar-refractivity contribution in [3.05, 3.63) is 45.6 Å². The van der Waals surface area contributed by atoms with Crippen LogP contribution in [0.3, 0.4) is 0 Å². The van der Waals surface area contributed by atoms with Crippen molar-refractivity contribution in [1.82, 2.24) is 4.98 Å². The highest BCUT2D eigenvalue weighted by Crippen LogP contribution is 2.32. The van der Waals surface area contributed by atoms with Gasteiger partial charge in [0.05, 0.1) is 0 Å². The Morgan fingerprint density at radius 2 is 1.75 bits per heavy atom. The molecule has 1 aliphatic carbocycles. The summed E-state index contributed by atoms with van der Waals surface area (Å²) < 4.78 is 58.2. The fraction of sp³-hybridized carbons (Fsp3) is 0. The second-order valence-electron chi connectivity index (χ2n) is 3.93. The van der Waals surface area contributed by atoms with Gasteiger partial charge in [-0.05, 0) is 0 Å². The van der Waals surface area contributed by atoms with E-state index in [1.807, 2.05) is 0 Å². The molecule has 0 amide bonds. The maximum atomic E-state index is 13.6. The Hall–Kier alpha value is -2.64. The summed E-state index contributed by atoms with van der Waals surface area (Å²) in [6.07, 6.45) is 0. The normalized spacial score (nSPS) is 11.4. The largest absolute Gasteiger partial charge is 0.503 e. The Morgan fingerprint density at radius 3 is 2.45 bits per heavy atom. The molecule has 102 valence electrons. The van der Waals surface area contributed by atoms with Crippen LogP contribution in [-0.4, -0.2) is 10.1 Å². The zero-order valence-corrected chi connectivity index (χ0v) is 9.38. The van der Waals surface area contributed by atoms with Crippen molar-refractivity contribution in [3.63, 3.8) is 0 Å². The van der Waals surface area contributed by atoms with E-state index in [4.69, 9.17) is 9.52 Å². The lowest BCUT2D eigenvalue weighted by Gasteiger charge is -2.08. The Kier molecular flexibility index (Phi) is 2.43. The number of rotatable bonds is 0. The van der Waals surface area contributed by atoms with Gasteiger partial charge in [-0.3, -0.25) is 4.79 Å². The van der Waals surface area contributed by atoms with E-state index in [1.54, 1.807) is 0 Å². The minimum Gasteiger partial charge on any atom is -0.503 e. The standard InChI is InChI=1S/C12H3F4NO3/c13-3-1-5-11(7(15)9(3)18)20-12-6(17-5)2-4(14)10(19)8(12)16/h1-2,18H. The number of phenols is 1. The predicted octanol–water partition coefficient (Wildman–Crippen LogP) is 2.55. The molecule has 0 unspecified atom stereocenters. The van der Waals surface area contributed by atoms with Gasteiger partial charge in [-0.2, -0.15) is 8.78 Å². The number of nitrogens with zero attached hydrogens (tertiary/aromatic N) is 1. The topological polar surface area (TPSA) is 63.3 Å². The van der Waals surface area contributed by atoms with Crippen LogP contribution >= 0.6 is 0 Å². The van der Waals surface area contributed by atoms with E-state index in [2.05, 4.69) is 4.98 Å². The van der Waals surface area contributed by atoms with Gasteiger partial charge < -0.3 is 9.52 Å². The number of hydrogen-bond acceptors (Lipinski definition) is 4. The molecular formula is C12H3F4NO3. The zero-order chi connectivity index (χ0) is 14.6. The van der Waals surface area contributed by atoms with E-state index in [9.17, 15) is 22.4 Å². The van der Waals surface area contributed by atoms with Crippen LogP contribution in [0, 0.1) is 23.3 Å². The lowest BCUT2D eigenvalue weighted by Crippen LogP contribution is -2.14. The highest BCUT2D eigenvalue weighted by atomic mass is 19.1. The van der Waals surface area contributed by atoms with Crippen molar-refractivity contribution in [2.45, 2.75) is 0 Å². The third kappa shape index (κ3) is 1.54. The average Bonchev–Trinajstić information content (AvgIpc) is 2.41. The van der Waals surface area contributed by atoms with Gasteiger partial charge in [-0.1, -0.05) is 0 Å².